The van der Waals surface area contributed by atoms with Gasteiger partial charge in [-0.25, -0.2) is 15.0 Å². The van der Waals surface area contributed by atoms with E-state index in [1.165, 1.54) is 25.0 Å². The number of aromatic nitrogens is 4. The van der Waals surface area contributed by atoms with Gasteiger partial charge in [-0.05, 0) is 0 Å². The molecular formula is C8H8N4OS. The molecule has 0 bridgehead atoms. The van der Waals surface area contributed by atoms with Crippen LogP contribution < -0.4 is 0 Å². The number of H-pyrrole nitrogens is 1. The van der Waals surface area contributed by atoms with Gasteiger partial charge in [0.25, 0.3) is 0 Å². The van der Waals surface area contributed by atoms with Gasteiger partial charge < -0.3 is 4.98 Å². The lowest BCUT2D eigenvalue weighted by atomic mass is 10.4. The lowest BCUT2D eigenvalue weighted by molar-refractivity contribution is -0.109. The minimum atomic E-state index is 0.0799. The second-order valence-corrected chi connectivity index (χ2v) is 3.85. The Bertz CT molecular complexity index is 467. The van der Waals surface area contributed by atoms with Crippen LogP contribution >= 0.6 is 11.8 Å². The molecule has 0 unspecified atom stereocenters. The zero-order valence-corrected chi connectivity index (χ0v) is 8.34. The zero-order valence-electron chi connectivity index (χ0n) is 7.52. The molecule has 6 heteroatoms. The minimum Gasteiger partial charge on any atom is -0.342 e. The van der Waals surface area contributed by atoms with Crippen molar-refractivity contribution in [2.45, 2.75) is 12.7 Å². The minimum absolute atomic E-state index is 0.0799. The van der Waals surface area contributed by atoms with Gasteiger partial charge in [0.15, 0.2) is 10.8 Å². The summed E-state index contributed by atoms with van der Waals surface area (Å²) < 4.78 is 0. The van der Waals surface area contributed by atoms with Crippen LogP contribution in [0.15, 0.2) is 12.7 Å². The lowest BCUT2D eigenvalue weighted by Crippen LogP contribution is -1.93. The monoisotopic (exact) mass is 208 g/mol. The summed E-state index contributed by atoms with van der Waals surface area (Å²) in [6.45, 7) is 1.54. The van der Waals surface area contributed by atoms with E-state index in [9.17, 15) is 4.79 Å². The summed E-state index contributed by atoms with van der Waals surface area (Å²) >= 11 is 1.23. The van der Waals surface area contributed by atoms with E-state index in [-0.39, 0.29) is 5.12 Å². The van der Waals surface area contributed by atoms with E-state index in [1.54, 1.807) is 6.33 Å². The van der Waals surface area contributed by atoms with E-state index in [0.29, 0.717) is 11.4 Å². The van der Waals surface area contributed by atoms with Gasteiger partial charge in [-0.3, -0.25) is 4.79 Å². The predicted molar refractivity (Wildman–Crippen MR) is 53.7 cm³/mol. The first-order valence-electron chi connectivity index (χ1n) is 4.03. The molecule has 0 fully saturated rings. The summed E-state index contributed by atoms with van der Waals surface area (Å²) in [5.41, 5.74) is 2.26. The highest BCUT2D eigenvalue weighted by molar-refractivity contribution is 8.12. The van der Waals surface area contributed by atoms with Gasteiger partial charge in [0, 0.05) is 12.7 Å². The summed E-state index contributed by atoms with van der Waals surface area (Å²) in [5.74, 6) is 0.552. The summed E-state index contributed by atoms with van der Waals surface area (Å²) in [6, 6.07) is 0. The number of fused-ring (bicyclic) bond motifs is 1. The molecule has 0 saturated carbocycles. The lowest BCUT2D eigenvalue weighted by Gasteiger charge is -1.97. The largest absolute Gasteiger partial charge is 0.342 e. The molecule has 0 saturated heterocycles. The standard InChI is InChI=1S/C8H8N4OS/c1-5(13)14-2-6-7-8(11-3-9-6)12-4-10-7/h3-4H,2H2,1H3,(H,9,10,11,12). The number of hydrogen-bond acceptors (Lipinski definition) is 5. The van der Waals surface area contributed by atoms with Gasteiger partial charge in [-0.2, -0.15) is 0 Å². The first-order chi connectivity index (χ1) is 6.77. The second-order valence-electron chi connectivity index (χ2n) is 2.70. The molecule has 0 atom stereocenters. The molecule has 0 aliphatic heterocycles. The van der Waals surface area contributed by atoms with Crippen LogP contribution in [0.5, 0.6) is 0 Å². The Morgan fingerprint density at radius 3 is 3.14 bits per heavy atom. The van der Waals surface area contributed by atoms with E-state index in [0.717, 1.165) is 11.2 Å². The van der Waals surface area contributed by atoms with Crippen LogP contribution in [0.1, 0.15) is 12.6 Å². The Balaban J connectivity index is 2.32. The molecule has 2 heterocycles. The second kappa shape index (κ2) is 3.75. The molecule has 5 nitrogen and oxygen atoms in total. The molecule has 0 aliphatic carbocycles. The van der Waals surface area contributed by atoms with Crippen molar-refractivity contribution >= 4 is 28.0 Å². The van der Waals surface area contributed by atoms with Gasteiger partial charge in [-0.15, -0.1) is 0 Å². The highest BCUT2D eigenvalue weighted by Gasteiger charge is 2.06. The summed E-state index contributed by atoms with van der Waals surface area (Å²) in [7, 11) is 0. The third-order valence-corrected chi connectivity index (χ3v) is 2.54. The normalized spacial score (nSPS) is 10.6. The van der Waals surface area contributed by atoms with Gasteiger partial charge in [0.1, 0.15) is 11.8 Å². The van der Waals surface area contributed by atoms with Crippen molar-refractivity contribution in [3.05, 3.63) is 18.3 Å². The number of rotatable bonds is 2. The maximum atomic E-state index is 10.8. The Hall–Kier alpha value is -1.43. The first kappa shape index (κ1) is 9.14. The maximum absolute atomic E-state index is 10.8. The maximum Gasteiger partial charge on any atom is 0.186 e. The summed E-state index contributed by atoms with van der Waals surface area (Å²) in [6.07, 6.45) is 3.03. The van der Waals surface area contributed by atoms with E-state index in [2.05, 4.69) is 19.9 Å². The molecule has 2 aromatic heterocycles. The zero-order chi connectivity index (χ0) is 9.97. The molecule has 0 radical (unpaired) electrons. The van der Waals surface area contributed by atoms with Crippen molar-refractivity contribution in [2.75, 3.05) is 0 Å². The third kappa shape index (κ3) is 1.74. The van der Waals surface area contributed by atoms with Crippen LogP contribution in [0.3, 0.4) is 0 Å². The van der Waals surface area contributed by atoms with Crippen LogP contribution in [0, 0.1) is 0 Å². The number of thioether (sulfide) groups is 1. The number of carbonyl (C=O) groups excluding carboxylic acids is 1. The molecule has 1 N–H and O–H groups in total. The molecule has 0 aromatic carbocycles. The smallest absolute Gasteiger partial charge is 0.186 e. The highest BCUT2D eigenvalue weighted by atomic mass is 32.2. The van der Waals surface area contributed by atoms with Crippen molar-refractivity contribution in [3.8, 4) is 0 Å². The molecular weight excluding hydrogens is 200 g/mol. The fourth-order valence-electron chi connectivity index (χ4n) is 1.09. The number of imidazole rings is 1. The molecule has 2 aromatic rings. The van der Waals surface area contributed by atoms with Gasteiger partial charge in [-0.1, -0.05) is 11.8 Å². The van der Waals surface area contributed by atoms with Crippen LogP contribution in [0.4, 0.5) is 0 Å². The summed E-state index contributed by atoms with van der Waals surface area (Å²) in [5, 5.41) is 0.0799. The van der Waals surface area contributed by atoms with Crippen LogP contribution in [0.2, 0.25) is 0 Å². The van der Waals surface area contributed by atoms with Gasteiger partial charge in [0.2, 0.25) is 0 Å². The average molecular weight is 208 g/mol. The van der Waals surface area contributed by atoms with Crippen molar-refractivity contribution in [1.82, 2.24) is 19.9 Å². The molecule has 2 rings (SSSR count). The van der Waals surface area contributed by atoms with Crippen LogP contribution in [-0.4, -0.2) is 25.1 Å². The number of aromatic amines is 1. The molecule has 0 amide bonds. The van der Waals surface area contributed by atoms with E-state index in [4.69, 9.17) is 0 Å². The number of nitrogens with one attached hydrogen (secondary N) is 1. The van der Waals surface area contributed by atoms with Crippen LogP contribution in [-0.2, 0) is 10.5 Å². The predicted octanol–water partition coefficient (Wildman–Crippen LogP) is 1.13. The molecule has 0 spiro atoms. The third-order valence-electron chi connectivity index (χ3n) is 1.71. The first-order valence-corrected chi connectivity index (χ1v) is 5.02. The molecule has 0 aliphatic rings. The average Bonchev–Trinajstić information content (AvgIpc) is 2.62. The van der Waals surface area contributed by atoms with E-state index in [1.807, 2.05) is 0 Å². The number of nitrogens with zero attached hydrogens (tertiary/aromatic N) is 3. The van der Waals surface area contributed by atoms with Crippen molar-refractivity contribution < 1.29 is 4.79 Å². The number of hydrogen-bond donors (Lipinski definition) is 1. The fraction of sp³-hybridized carbons (Fsp3) is 0.250. The Kier molecular flexibility index (Phi) is 2.45. The van der Waals surface area contributed by atoms with Gasteiger partial charge in [0.05, 0.1) is 12.0 Å². The molecule has 14 heavy (non-hydrogen) atoms. The summed E-state index contributed by atoms with van der Waals surface area (Å²) in [4.78, 5) is 25.8. The van der Waals surface area contributed by atoms with Crippen molar-refractivity contribution in [3.63, 3.8) is 0 Å². The van der Waals surface area contributed by atoms with Crippen molar-refractivity contribution in [1.29, 1.82) is 0 Å². The fourth-order valence-corrected chi connectivity index (χ4v) is 1.65. The van der Waals surface area contributed by atoms with E-state index < -0.39 is 0 Å². The molecule has 72 valence electrons. The number of carbonyl (C=O) groups is 1. The van der Waals surface area contributed by atoms with Crippen molar-refractivity contribution in [2.24, 2.45) is 0 Å². The van der Waals surface area contributed by atoms with Gasteiger partial charge >= 0.3 is 0 Å². The Morgan fingerprint density at radius 2 is 2.36 bits per heavy atom. The van der Waals surface area contributed by atoms with E-state index >= 15 is 0 Å². The highest BCUT2D eigenvalue weighted by Crippen LogP contribution is 2.16. The SMILES string of the molecule is CC(=O)SCc1ncnc2nc[nH]c12. The Labute approximate surface area is 84.4 Å². The van der Waals surface area contributed by atoms with Crippen LogP contribution in [0.25, 0.3) is 11.2 Å². The Morgan fingerprint density at radius 1 is 1.50 bits per heavy atom. The quantitative estimate of drug-likeness (QED) is 0.801. The topological polar surface area (TPSA) is 71.5 Å².